The normalized spacial score (nSPS) is 11.3. The Morgan fingerprint density at radius 1 is 1.35 bits per heavy atom. The van der Waals surface area contributed by atoms with Crippen LogP contribution in [0.4, 0.5) is 0 Å². The van der Waals surface area contributed by atoms with E-state index in [9.17, 15) is 0 Å². The fourth-order valence-electron chi connectivity index (χ4n) is 1.17. The van der Waals surface area contributed by atoms with Crippen molar-refractivity contribution in [2.45, 2.75) is 49.1 Å². The third kappa shape index (κ3) is 3.26. The van der Waals surface area contributed by atoms with E-state index in [1.54, 1.807) is 0 Å². The maximum Gasteiger partial charge on any atom is 0.283 e. The molecule has 0 saturated carbocycles. The zero-order valence-corrected chi connectivity index (χ0v) is 11.6. The molecule has 0 N–H and O–H groups in total. The number of aromatic nitrogens is 4. The lowest BCUT2D eigenvalue weighted by molar-refractivity contribution is 0.411. The van der Waals surface area contributed by atoms with Gasteiger partial charge < -0.3 is 4.42 Å². The molecule has 0 bridgehead atoms. The van der Waals surface area contributed by atoms with E-state index in [2.05, 4.69) is 40.3 Å². The Labute approximate surface area is 108 Å². The Balaban J connectivity index is 2.03. The highest BCUT2D eigenvalue weighted by atomic mass is 32.2. The molecule has 5 nitrogen and oxygen atoms in total. The second-order valence-corrected chi connectivity index (χ2v) is 5.84. The molecule has 0 aliphatic carbocycles. The van der Waals surface area contributed by atoms with Crippen LogP contribution in [0.3, 0.4) is 0 Å². The molecule has 7 heteroatoms. The van der Waals surface area contributed by atoms with Gasteiger partial charge in [-0.2, -0.15) is 4.37 Å². The van der Waals surface area contributed by atoms with Crippen LogP contribution < -0.4 is 0 Å². The average Bonchev–Trinajstić information content (AvgIpc) is 2.89. The molecule has 17 heavy (non-hydrogen) atoms. The molecule has 0 aromatic carbocycles. The SMILES string of the molecule is CCCc1nnc(Sc2nc(C(C)C)ns2)o1. The summed E-state index contributed by atoms with van der Waals surface area (Å²) in [6.07, 6.45) is 1.82. The molecule has 2 aromatic rings. The molecule has 0 aliphatic heterocycles. The standard InChI is InChI=1S/C10H14N4OS2/c1-4-5-7-12-13-9(15-7)16-10-11-8(6(2)3)14-17-10/h6H,4-5H2,1-3H3. The summed E-state index contributed by atoms with van der Waals surface area (Å²) in [6.45, 7) is 6.22. The summed E-state index contributed by atoms with van der Waals surface area (Å²) >= 11 is 2.75. The minimum Gasteiger partial charge on any atom is -0.416 e. The van der Waals surface area contributed by atoms with Crippen LogP contribution in [0.25, 0.3) is 0 Å². The second kappa shape index (κ2) is 5.59. The lowest BCUT2D eigenvalue weighted by atomic mass is 10.2. The molecule has 2 aromatic heterocycles. The fraction of sp³-hybridized carbons (Fsp3) is 0.600. The first-order valence-corrected chi connectivity index (χ1v) is 7.12. The summed E-state index contributed by atoms with van der Waals surface area (Å²) in [7, 11) is 0. The highest BCUT2D eigenvalue weighted by molar-refractivity contribution is 8.00. The van der Waals surface area contributed by atoms with Crippen molar-refractivity contribution in [3.8, 4) is 0 Å². The van der Waals surface area contributed by atoms with Crippen molar-refractivity contribution in [2.75, 3.05) is 0 Å². The Morgan fingerprint density at radius 3 is 2.82 bits per heavy atom. The summed E-state index contributed by atoms with van der Waals surface area (Å²) in [6, 6.07) is 0. The fourth-order valence-corrected chi connectivity index (χ4v) is 2.71. The summed E-state index contributed by atoms with van der Waals surface area (Å²) in [5.41, 5.74) is 0. The van der Waals surface area contributed by atoms with Gasteiger partial charge in [0, 0.05) is 24.1 Å². The molecular formula is C10H14N4OS2. The minimum atomic E-state index is 0.346. The third-order valence-electron chi connectivity index (χ3n) is 2.03. The number of hydrogen-bond acceptors (Lipinski definition) is 7. The van der Waals surface area contributed by atoms with Gasteiger partial charge in [0.1, 0.15) is 5.82 Å². The molecule has 0 atom stereocenters. The van der Waals surface area contributed by atoms with E-state index in [-0.39, 0.29) is 0 Å². The van der Waals surface area contributed by atoms with E-state index in [0.717, 1.165) is 23.0 Å². The largest absolute Gasteiger partial charge is 0.416 e. The van der Waals surface area contributed by atoms with Crippen LogP contribution in [-0.2, 0) is 6.42 Å². The van der Waals surface area contributed by atoms with Crippen LogP contribution >= 0.6 is 23.3 Å². The number of hydrogen-bond donors (Lipinski definition) is 0. The van der Waals surface area contributed by atoms with Crippen molar-refractivity contribution in [2.24, 2.45) is 0 Å². The van der Waals surface area contributed by atoms with E-state index in [0.29, 0.717) is 17.0 Å². The zero-order chi connectivity index (χ0) is 12.3. The van der Waals surface area contributed by atoms with E-state index >= 15 is 0 Å². The van der Waals surface area contributed by atoms with Gasteiger partial charge >= 0.3 is 0 Å². The maximum atomic E-state index is 5.48. The van der Waals surface area contributed by atoms with Gasteiger partial charge in [0.2, 0.25) is 5.89 Å². The Morgan fingerprint density at radius 2 is 2.18 bits per heavy atom. The van der Waals surface area contributed by atoms with Crippen LogP contribution in [-0.4, -0.2) is 19.6 Å². The average molecular weight is 270 g/mol. The monoisotopic (exact) mass is 270 g/mol. The first-order chi connectivity index (χ1) is 8.19. The lowest BCUT2D eigenvalue weighted by Gasteiger charge is -1.93. The van der Waals surface area contributed by atoms with Gasteiger partial charge in [0.15, 0.2) is 4.34 Å². The molecule has 2 heterocycles. The van der Waals surface area contributed by atoms with Crippen LogP contribution in [0.2, 0.25) is 0 Å². The van der Waals surface area contributed by atoms with E-state index in [4.69, 9.17) is 4.42 Å². The van der Waals surface area contributed by atoms with E-state index in [1.165, 1.54) is 23.3 Å². The van der Waals surface area contributed by atoms with Gasteiger partial charge in [-0.05, 0) is 18.0 Å². The number of aryl methyl sites for hydroxylation is 1. The Kier molecular flexibility index (Phi) is 4.11. The molecule has 0 radical (unpaired) electrons. The van der Waals surface area contributed by atoms with Crippen molar-refractivity contribution >= 4 is 23.3 Å². The Hall–Kier alpha value is -0.950. The minimum absolute atomic E-state index is 0.346. The molecule has 0 spiro atoms. The highest BCUT2D eigenvalue weighted by Crippen LogP contribution is 2.29. The van der Waals surface area contributed by atoms with Crippen LogP contribution in [0, 0.1) is 0 Å². The van der Waals surface area contributed by atoms with Gasteiger partial charge in [-0.15, -0.1) is 10.2 Å². The summed E-state index contributed by atoms with van der Waals surface area (Å²) in [5, 5.41) is 8.47. The zero-order valence-electron chi connectivity index (χ0n) is 10.0. The highest BCUT2D eigenvalue weighted by Gasteiger charge is 2.12. The van der Waals surface area contributed by atoms with Gasteiger partial charge in [0.25, 0.3) is 5.22 Å². The van der Waals surface area contributed by atoms with Crippen molar-refractivity contribution in [3.05, 3.63) is 11.7 Å². The van der Waals surface area contributed by atoms with Crippen molar-refractivity contribution in [3.63, 3.8) is 0 Å². The van der Waals surface area contributed by atoms with Crippen molar-refractivity contribution < 1.29 is 4.42 Å². The Bertz CT molecular complexity index is 480. The maximum absolute atomic E-state index is 5.48. The molecule has 0 fully saturated rings. The molecular weight excluding hydrogens is 256 g/mol. The molecule has 0 saturated heterocycles. The van der Waals surface area contributed by atoms with Gasteiger partial charge in [-0.1, -0.05) is 20.8 Å². The summed E-state index contributed by atoms with van der Waals surface area (Å²) < 4.78 is 10.6. The van der Waals surface area contributed by atoms with Crippen LogP contribution in [0.15, 0.2) is 14.0 Å². The molecule has 0 amide bonds. The summed E-state index contributed by atoms with van der Waals surface area (Å²) in [4.78, 5) is 4.40. The first-order valence-electron chi connectivity index (χ1n) is 5.53. The molecule has 0 aliphatic rings. The molecule has 2 rings (SSSR count). The first kappa shape index (κ1) is 12.5. The number of rotatable bonds is 5. The second-order valence-electron chi connectivity index (χ2n) is 3.89. The van der Waals surface area contributed by atoms with E-state index in [1.807, 2.05) is 0 Å². The van der Waals surface area contributed by atoms with Crippen molar-refractivity contribution in [1.29, 1.82) is 0 Å². The van der Waals surface area contributed by atoms with Crippen molar-refractivity contribution in [1.82, 2.24) is 19.6 Å². The predicted molar refractivity (Wildman–Crippen MR) is 66.4 cm³/mol. The van der Waals surface area contributed by atoms with Gasteiger partial charge in [0.05, 0.1) is 0 Å². The van der Waals surface area contributed by atoms with Gasteiger partial charge in [-0.25, -0.2) is 4.98 Å². The lowest BCUT2D eigenvalue weighted by Crippen LogP contribution is -1.88. The number of nitrogens with zero attached hydrogens (tertiary/aromatic N) is 4. The topological polar surface area (TPSA) is 64.7 Å². The predicted octanol–water partition coefficient (Wildman–Crippen LogP) is 3.15. The van der Waals surface area contributed by atoms with E-state index < -0.39 is 0 Å². The molecule has 0 unspecified atom stereocenters. The summed E-state index contributed by atoms with van der Waals surface area (Å²) in [5.74, 6) is 1.90. The van der Waals surface area contributed by atoms with Crippen LogP contribution in [0.1, 0.15) is 44.8 Å². The van der Waals surface area contributed by atoms with Crippen LogP contribution in [0.5, 0.6) is 0 Å². The molecule has 92 valence electrons. The quantitative estimate of drug-likeness (QED) is 0.831. The third-order valence-corrected chi connectivity index (χ3v) is 3.63. The van der Waals surface area contributed by atoms with Gasteiger partial charge in [-0.3, -0.25) is 0 Å². The smallest absolute Gasteiger partial charge is 0.283 e.